The summed E-state index contributed by atoms with van der Waals surface area (Å²) < 4.78 is 28.0. The zero-order valence-electron chi connectivity index (χ0n) is 12.2. The molecule has 0 spiro atoms. The minimum Gasteiger partial charge on any atom is -0.313 e. The Balaban J connectivity index is 2.95. The number of benzene rings is 1. The first-order valence-corrected chi connectivity index (χ1v) is 9.19. The molecule has 0 heterocycles. The molecule has 0 radical (unpaired) electrons. The van der Waals surface area contributed by atoms with E-state index in [0.29, 0.717) is 15.9 Å². The van der Waals surface area contributed by atoms with Crippen LogP contribution in [0.2, 0.25) is 0 Å². The fourth-order valence-electron chi connectivity index (χ4n) is 1.68. The third-order valence-electron chi connectivity index (χ3n) is 3.01. The molecule has 4 nitrogen and oxygen atoms in total. The SMILES string of the molecule is CCCNCc1ccc(Br)c(S(=O)(=O)NC(C)CC)c1. The van der Waals surface area contributed by atoms with Crippen LogP contribution < -0.4 is 10.0 Å². The van der Waals surface area contributed by atoms with Crippen LogP contribution in [0.4, 0.5) is 0 Å². The Bertz CT molecular complexity index is 532. The molecule has 0 aliphatic rings. The van der Waals surface area contributed by atoms with Gasteiger partial charge in [0.15, 0.2) is 0 Å². The van der Waals surface area contributed by atoms with E-state index in [9.17, 15) is 8.42 Å². The third kappa shape index (κ3) is 5.16. The van der Waals surface area contributed by atoms with Gasteiger partial charge < -0.3 is 5.32 Å². The predicted octanol–water partition coefficient (Wildman–Crippen LogP) is 3.03. The topological polar surface area (TPSA) is 58.2 Å². The zero-order valence-corrected chi connectivity index (χ0v) is 14.6. The van der Waals surface area contributed by atoms with E-state index in [1.165, 1.54) is 0 Å². The molecule has 0 fully saturated rings. The summed E-state index contributed by atoms with van der Waals surface area (Å²) in [6.45, 7) is 7.50. The average molecular weight is 363 g/mol. The number of nitrogens with one attached hydrogen (secondary N) is 2. The van der Waals surface area contributed by atoms with Crippen LogP contribution in [0.3, 0.4) is 0 Å². The van der Waals surface area contributed by atoms with Gasteiger partial charge in [-0.05, 0) is 59.9 Å². The lowest BCUT2D eigenvalue weighted by atomic mass is 10.2. The van der Waals surface area contributed by atoms with E-state index < -0.39 is 10.0 Å². The number of rotatable bonds is 8. The van der Waals surface area contributed by atoms with Gasteiger partial charge in [0.1, 0.15) is 0 Å². The standard InChI is InChI=1S/C14H23BrN2O2S/c1-4-8-16-10-12-6-7-13(15)14(9-12)20(18,19)17-11(3)5-2/h6-7,9,11,16-17H,4-5,8,10H2,1-3H3. The Morgan fingerprint density at radius 1 is 1.30 bits per heavy atom. The van der Waals surface area contributed by atoms with Gasteiger partial charge in [-0.25, -0.2) is 13.1 Å². The number of sulfonamides is 1. The van der Waals surface area contributed by atoms with Gasteiger partial charge in [0.25, 0.3) is 0 Å². The highest BCUT2D eigenvalue weighted by Crippen LogP contribution is 2.23. The van der Waals surface area contributed by atoms with E-state index in [-0.39, 0.29) is 6.04 Å². The van der Waals surface area contributed by atoms with Crippen molar-refractivity contribution in [3.8, 4) is 0 Å². The minimum atomic E-state index is -3.48. The van der Waals surface area contributed by atoms with Gasteiger partial charge in [-0.15, -0.1) is 0 Å². The van der Waals surface area contributed by atoms with Crippen molar-refractivity contribution in [3.63, 3.8) is 0 Å². The zero-order chi connectivity index (χ0) is 15.2. The Morgan fingerprint density at radius 3 is 2.60 bits per heavy atom. The smallest absolute Gasteiger partial charge is 0.241 e. The lowest BCUT2D eigenvalue weighted by Gasteiger charge is -2.14. The molecule has 20 heavy (non-hydrogen) atoms. The van der Waals surface area contributed by atoms with Crippen molar-refractivity contribution in [1.29, 1.82) is 0 Å². The van der Waals surface area contributed by atoms with Crippen molar-refractivity contribution in [3.05, 3.63) is 28.2 Å². The summed E-state index contributed by atoms with van der Waals surface area (Å²) in [7, 11) is -3.48. The van der Waals surface area contributed by atoms with Crippen LogP contribution in [0.25, 0.3) is 0 Å². The van der Waals surface area contributed by atoms with Gasteiger partial charge in [0.2, 0.25) is 10.0 Å². The molecule has 1 unspecified atom stereocenters. The maximum absolute atomic E-state index is 12.3. The van der Waals surface area contributed by atoms with Gasteiger partial charge in [0.05, 0.1) is 4.90 Å². The highest BCUT2D eigenvalue weighted by molar-refractivity contribution is 9.10. The second-order valence-corrected chi connectivity index (χ2v) is 7.41. The fourth-order valence-corrected chi connectivity index (χ4v) is 4.03. The molecular formula is C14H23BrN2O2S. The highest BCUT2D eigenvalue weighted by atomic mass is 79.9. The Labute approximate surface area is 130 Å². The van der Waals surface area contributed by atoms with E-state index in [1.54, 1.807) is 12.1 Å². The van der Waals surface area contributed by atoms with E-state index in [2.05, 4.69) is 32.9 Å². The molecule has 0 saturated heterocycles. The molecule has 1 atom stereocenters. The molecule has 6 heteroatoms. The second kappa shape index (κ2) is 8.12. The summed E-state index contributed by atoms with van der Waals surface area (Å²) in [5.74, 6) is 0. The van der Waals surface area contributed by atoms with Crippen LogP contribution in [0.1, 0.15) is 39.2 Å². The first-order chi connectivity index (χ1) is 9.40. The van der Waals surface area contributed by atoms with Gasteiger partial charge in [0, 0.05) is 17.1 Å². The molecule has 0 aliphatic heterocycles. The Kier molecular flexibility index (Phi) is 7.15. The van der Waals surface area contributed by atoms with Crippen molar-refractivity contribution < 1.29 is 8.42 Å². The van der Waals surface area contributed by atoms with Gasteiger partial charge in [-0.2, -0.15) is 0 Å². The molecule has 0 amide bonds. The lowest BCUT2D eigenvalue weighted by Crippen LogP contribution is -2.32. The predicted molar refractivity (Wildman–Crippen MR) is 86.2 cm³/mol. The summed E-state index contributed by atoms with van der Waals surface area (Å²) in [5, 5.41) is 3.27. The number of hydrogen-bond donors (Lipinski definition) is 2. The first kappa shape index (κ1) is 17.6. The van der Waals surface area contributed by atoms with Crippen LogP contribution in [0, 0.1) is 0 Å². The summed E-state index contributed by atoms with van der Waals surface area (Å²) in [5.41, 5.74) is 0.964. The number of halogens is 1. The molecular weight excluding hydrogens is 340 g/mol. The van der Waals surface area contributed by atoms with Crippen LogP contribution in [0.5, 0.6) is 0 Å². The molecule has 0 saturated carbocycles. The molecule has 0 bridgehead atoms. The van der Waals surface area contributed by atoms with Crippen LogP contribution in [0.15, 0.2) is 27.6 Å². The molecule has 1 aromatic carbocycles. The summed E-state index contributed by atoms with van der Waals surface area (Å²) in [4.78, 5) is 0.300. The third-order valence-corrected chi connectivity index (χ3v) is 5.59. The first-order valence-electron chi connectivity index (χ1n) is 6.92. The maximum atomic E-state index is 12.3. The van der Waals surface area contributed by atoms with E-state index in [4.69, 9.17) is 0 Å². The Hall–Kier alpha value is -0.430. The lowest BCUT2D eigenvalue weighted by molar-refractivity contribution is 0.555. The van der Waals surface area contributed by atoms with Crippen molar-refractivity contribution in [2.45, 2.75) is 51.1 Å². The summed E-state index contributed by atoms with van der Waals surface area (Å²) in [6.07, 6.45) is 1.81. The quantitative estimate of drug-likeness (QED) is 0.698. The van der Waals surface area contributed by atoms with E-state index in [1.807, 2.05) is 19.9 Å². The number of hydrogen-bond acceptors (Lipinski definition) is 3. The van der Waals surface area contributed by atoms with Crippen molar-refractivity contribution in [2.24, 2.45) is 0 Å². The second-order valence-electron chi connectivity index (χ2n) is 4.87. The normalized spacial score (nSPS) is 13.4. The average Bonchev–Trinajstić information content (AvgIpc) is 2.40. The molecule has 1 rings (SSSR count). The molecule has 1 aromatic rings. The maximum Gasteiger partial charge on any atom is 0.241 e. The largest absolute Gasteiger partial charge is 0.313 e. The minimum absolute atomic E-state index is 0.0752. The van der Waals surface area contributed by atoms with Crippen molar-refractivity contribution in [1.82, 2.24) is 10.0 Å². The van der Waals surface area contributed by atoms with Gasteiger partial charge >= 0.3 is 0 Å². The van der Waals surface area contributed by atoms with E-state index in [0.717, 1.165) is 24.9 Å². The monoisotopic (exact) mass is 362 g/mol. The molecule has 114 valence electrons. The van der Waals surface area contributed by atoms with Crippen molar-refractivity contribution in [2.75, 3.05) is 6.54 Å². The van der Waals surface area contributed by atoms with Crippen LogP contribution >= 0.6 is 15.9 Å². The summed E-state index contributed by atoms with van der Waals surface area (Å²) >= 11 is 3.32. The molecule has 2 N–H and O–H groups in total. The van der Waals surface area contributed by atoms with E-state index >= 15 is 0 Å². The molecule has 0 aromatic heterocycles. The summed E-state index contributed by atoms with van der Waals surface area (Å²) in [6, 6.07) is 5.36. The van der Waals surface area contributed by atoms with Gasteiger partial charge in [-0.1, -0.05) is 19.9 Å². The van der Waals surface area contributed by atoms with Crippen LogP contribution in [-0.4, -0.2) is 21.0 Å². The van der Waals surface area contributed by atoms with Crippen molar-refractivity contribution >= 4 is 26.0 Å². The van der Waals surface area contributed by atoms with Crippen LogP contribution in [-0.2, 0) is 16.6 Å². The van der Waals surface area contributed by atoms with Gasteiger partial charge in [-0.3, -0.25) is 0 Å². The molecule has 0 aliphatic carbocycles. The fraction of sp³-hybridized carbons (Fsp3) is 0.571. The Morgan fingerprint density at radius 2 is 2.00 bits per heavy atom. The highest BCUT2D eigenvalue weighted by Gasteiger charge is 2.19.